The Morgan fingerprint density at radius 2 is 1.12 bits per heavy atom. The van der Waals surface area contributed by atoms with Gasteiger partial charge in [0.1, 0.15) is 0 Å². The van der Waals surface area contributed by atoms with E-state index in [9.17, 15) is 0 Å². The number of aromatic nitrogens is 3. The number of fused-ring (bicyclic) bond motifs is 6. The van der Waals surface area contributed by atoms with Crippen LogP contribution < -0.4 is 0 Å². The summed E-state index contributed by atoms with van der Waals surface area (Å²) in [7, 11) is 0. The van der Waals surface area contributed by atoms with Crippen LogP contribution in [0.1, 0.15) is 22.3 Å². The molecule has 0 saturated carbocycles. The molecule has 2 aromatic heterocycles. The fraction of sp³-hybridized carbons (Fsp3) is 0.0625. The molecule has 0 N–H and O–H groups in total. The molecule has 0 unspecified atom stereocenters. The quantitative estimate of drug-likeness (QED) is 0.166. The number of benzene rings is 7. The van der Waals surface area contributed by atoms with Crippen molar-refractivity contribution in [2.45, 2.75) is 20.3 Å². The summed E-state index contributed by atoms with van der Waals surface area (Å²) >= 11 is 0.246. The Morgan fingerprint density at radius 1 is 0.481 bits per heavy atom. The Balaban J connectivity index is 1.37. The van der Waals surface area contributed by atoms with Gasteiger partial charge in [0.25, 0.3) is 0 Å². The zero-order valence-corrected chi connectivity index (χ0v) is 30.6. The van der Waals surface area contributed by atoms with Gasteiger partial charge in [-0.25, -0.2) is 0 Å². The molecule has 52 heavy (non-hydrogen) atoms. The molecule has 1 aliphatic carbocycles. The molecular weight excluding hydrogens is 698 g/mol. The first kappa shape index (κ1) is 30.9. The van der Waals surface area contributed by atoms with Crippen LogP contribution in [0.3, 0.4) is 0 Å². The van der Waals surface area contributed by atoms with E-state index in [0.29, 0.717) is 0 Å². The average molecular weight is 731 g/mol. The van der Waals surface area contributed by atoms with Gasteiger partial charge in [-0.05, 0) is 0 Å². The minimum absolute atomic E-state index is 0.246. The topological polar surface area (TPSA) is 38.7 Å². The fourth-order valence-electron chi connectivity index (χ4n) is 8.28. The van der Waals surface area contributed by atoms with Crippen molar-refractivity contribution >= 4 is 33.8 Å². The van der Waals surface area contributed by atoms with E-state index < -0.39 is 0 Å². The first-order valence-electron chi connectivity index (χ1n) is 17.8. The van der Waals surface area contributed by atoms with Crippen molar-refractivity contribution in [3.05, 3.63) is 174 Å². The van der Waals surface area contributed by atoms with Gasteiger partial charge < -0.3 is 0 Å². The number of rotatable bonds is 5. The zero-order valence-electron chi connectivity index (χ0n) is 28.9. The van der Waals surface area contributed by atoms with Crippen LogP contribution in [0.4, 0.5) is 0 Å². The molecular formula is C48H33N3Se. The van der Waals surface area contributed by atoms with E-state index >= 15 is 0 Å². The van der Waals surface area contributed by atoms with Gasteiger partial charge in [0.15, 0.2) is 0 Å². The maximum atomic E-state index is 5.11. The van der Waals surface area contributed by atoms with Crippen molar-refractivity contribution in [1.29, 1.82) is 0 Å². The molecule has 0 radical (unpaired) electrons. The van der Waals surface area contributed by atoms with Gasteiger partial charge in [-0.2, -0.15) is 0 Å². The summed E-state index contributed by atoms with van der Waals surface area (Å²) in [5.41, 5.74) is 18.5. The predicted molar refractivity (Wildman–Crippen MR) is 217 cm³/mol. The van der Waals surface area contributed by atoms with Gasteiger partial charge in [-0.1, -0.05) is 12.1 Å². The van der Waals surface area contributed by atoms with E-state index in [-0.39, 0.29) is 14.5 Å². The molecule has 2 heterocycles. The summed E-state index contributed by atoms with van der Waals surface area (Å²) in [6.45, 7) is 4.50. The van der Waals surface area contributed by atoms with E-state index in [1.807, 2.05) is 0 Å². The van der Waals surface area contributed by atoms with E-state index in [1.54, 1.807) is 0 Å². The van der Waals surface area contributed by atoms with Gasteiger partial charge in [-0.15, -0.1) is 0 Å². The van der Waals surface area contributed by atoms with E-state index in [4.69, 9.17) is 10.2 Å². The standard InChI is InChI=1S/C48H33N3Se/c1-29-27-39-34-20-10-9-19-33(34)28-40(39)43(30(29)2)46-47(32-17-7-4-8-18-32)49-51-50-48(46)45-35(31-15-5-3-6-16-31)22-13-23-37(45)36-24-14-26-42-44(36)38-21-11-12-25-41(38)52-42/h3-27H,28H2,1-2H3. The summed E-state index contributed by atoms with van der Waals surface area (Å²) in [5, 5.41) is 17.3. The number of hydrogen-bond acceptors (Lipinski definition) is 3. The molecule has 246 valence electrons. The second kappa shape index (κ2) is 12.4. The molecule has 7 aromatic carbocycles. The van der Waals surface area contributed by atoms with Crippen molar-refractivity contribution in [1.82, 2.24) is 15.4 Å². The summed E-state index contributed by atoms with van der Waals surface area (Å²) in [4.78, 5) is 0. The van der Waals surface area contributed by atoms with Gasteiger partial charge >= 0.3 is 298 Å². The van der Waals surface area contributed by atoms with Crippen molar-refractivity contribution in [2.75, 3.05) is 0 Å². The third-order valence-electron chi connectivity index (χ3n) is 10.8. The Morgan fingerprint density at radius 3 is 1.96 bits per heavy atom. The van der Waals surface area contributed by atoms with Gasteiger partial charge in [0.05, 0.1) is 0 Å². The first-order valence-corrected chi connectivity index (χ1v) is 19.5. The molecule has 0 aliphatic heterocycles. The molecule has 3 nitrogen and oxygen atoms in total. The van der Waals surface area contributed by atoms with Crippen LogP contribution in [-0.2, 0) is 6.42 Å². The Bertz CT molecular complexity index is 2840. The summed E-state index contributed by atoms with van der Waals surface area (Å²) in [6, 6.07) is 54.9. The van der Waals surface area contributed by atoms with Crippen LogP contribution in [0, 0.1) is 13.8 Å². The number of hydrogen-bond donors (Lipinski definition) is 0. The molecule has 1 aliphatic rings. The van der Waals surface area contributed by atoms with Crippen LogP contribution in [0.25, 0.3) is 86.3 Å². The molecule has 0 atom stereocenters. The Hall–Kier alpha value is -5.93. The maximum absolute atomic E-state index is 5.11. The average Bonchev–Trinajstić information content (AvgIpc) is 3.77. The van der Waals surface area contributed by atoms with E-state index in [2.05, 4.69) is 171 Å². The fourth-order valence-corrected chi connectivity index (χ4v) is 10.7. The molecule has 4 heteroatoms. The van der Waals surface area contributed by atoms with Gasteiger partial charge in [-0.3, -0.25) is 0 Å². The molecule has 0 spiro atoms. The van der Waals surface area contributed by atoms with Crippen LogP contribution in [0.5, 0.6) is 0 Å². The molecule has 0 fully saturated rings. The van der Waals surface area contributed by atoms with Crippen LogP contribution >= 0.6 is 0 Å². The summed E-state index contributed by atoms with van der Waals surface area (Å²) in [5.74, 6) is 0. The third-order valence-corrected chi connectivity index (χ3v) is 13.2. The molecule has 0 bridgehead atoms. The minimum atomic E-state index is 0.246. The second-order valence-electron chi connectivity index (χ2n) is 13.7. The molecule has 10 rings (SSSR count). The van der Waals surface area contributed by atoms with Crippen molar-refractivity contribution in [3.63, 3.8) is 0 Å². The Kier molecular flexibility index (Phi) is 7.35. The Labute approximate surface area is 309 Å². The number of nitrogens with zero attached hydrogens (tertiary/aromatic N) is 3. The summed E-state index contributed by atoms with van der Waals surface area (Å²) < 4.78 is 2.85. The summed E-state index contributed by atoms with van der Waals surface area (Å²) in [6.07, 6.45) is 0.857. The van der Waals surface area contributed by atoms with E-state index in [1.165, 1.54) is 63.8 Å². The van der Waals surface area contributed by atoms with Crippen molar-refractivity contribution in [2.24, 2.45) is 0 Å². The molecule has 9 aromatic rings. The molecule has 0 amide bonds. The second-order valence-corrected chi connectivity index (χ2v) is 15.9. The molecule has 0 saturated heterocycles. The first-order chi connectivity index (χ1) is 25.7. The zero-order chi connectivity index (χ0) is 34.8. The van der Waals surface area contributed by atoms with Crippen molar-refractivity contribution < 1.29 is 0 Å². The van der Waals surface area contributed by atoms with Crippen LogP contribution in [-0.4, -0.2) is 29.9 Å². The predicted octanol–water partition coefficient (Wildman–Crippen LogP) is 11.8. The number of aryl methyl sites for hydroxylation is 1. The van der Waals surface area contributed by atoms with Crippen LogP contribution in [0.2, 0.25) is 0 Å². The van der Waals surface area contributed by atoms with Gasteiger partial charge in [0.2, 0.25) is 0 Å². The SMILES string of the molecule is Cc1cc2c(c(-c3c(-c4ccccc4)nnnc3-c3c(-c4ccccc4)cccc3-c3cccc4[se]c5ccccc5c34)c1C)Cc1ccccc1-2. The van der Waals surface area contributed by atoms with E-state index in [0.717, 1.165) is 51.2 Å². The third kappa shape index (κ3) is 4.83. The van der Waals surface area contributed by atoms with Crippen molar-refractivity contribution in [3.8, 4) is 67.0 Å². The van der Waals surface area contributed by atoms with Gasteiger partial charge in [0, 0.05) is 0 Å². The normalized spacial score (nSPS) is 12.0. The monoisotopic (exact) mass is 731 g/mol. The van der Waals surface area contributed by atoms with Crippen LogP contribution in [0.15, 0.2) is 152 Å².